The molecule has 0 radical (unpaired) electrons. The molecule has 2 aliphatic rings. The maximum atomic E-state index is 13.9. The van der Waals surface area contributed by atoms with Crippen LogP contribution >= 0.6 is 0 Å². The van der Waals surface area contributed by atoms with Crippen LogP contribution in [-0.2, 0) is 4.79 Å². The summed E-state index contributed by atoms with van der Waals surface area (Å²) < 4.78 is 13.9. The minimum Gasteiger partial charge on any atom is -0.367 e. The van der Waals surface area contributed by atoms with Crippen LogP contribution in [0, 0.1) is 5.82 Å². The molecule has 2 fully saturated rings. The summed E-state index contributed by atoms with van der Waals surface area (Å²) in [6, 6.07) is 7.42. The van der Waals surface area contributed by atoms with Gasteiger partial charge < -0.3 is 15.1 Å². The first-order valence-electron chi connectivity index (χ1n) is 8.85. The molecule has 0 bridgehead atoms. The van der Waals surface area contributed by atoms with Gasteiger partial charge in [-0.15, -0.1) is 0 Å². The zero-order valence-electron chi connectivity index (χ0n) is 14.4. The third-order valence-corrected chi connectivity index (χ3v) is 5.10. The number of piperidine rings is 1. The molecule has 0 spiro atoms. The Labute approximate surface area is 143 Å². The normalized spacial score (nSPS) is 22.7. The van der Waals surface area contributed by atoms with Crippen molar-refractivity contribution in [2.24, 2.45) is 0 Å². The fourth-order valence-electron chi connectivity index (χ4n) is 3.78. The van der Waals surface area contributed by atoms with E-state index in [9.17, 15) is 9.18 Å². The minimum atomic E-state index is -0.146. The van der Waals surface area contributed by atoms with Crippen LogP contribution in [0.25, 0.3) is 0 Å². The second kappa shape index (κ2) is 7.94. The molecule has 2 heterocycles. The lowest BCUT2D eigenvalue weighted by molar-refractivity contribution is -0.132. The summed E-state index contributed by atoms with van der Waals surface area (Å²) in [4.78, 5) is 18.7. The molecule has 2 aliphatic heterocycles. The first kappa shape index (κ1) is 17.2. The van der Waals surface area contributed by atoms with Crippen molar-refractivity contribution in [1.82, 2.24) is 15.1 Å². The van der Waals surface area contributed by atoms with Crippen LogP contribution < -0.4 is 10.2 Å². The Kier molecular flexibility index (Phi) is 5.68. The predicted octanol–water partition coefficient (Wildman–Crippen LogP) is 1.16. The number of hydrogen-bond acceptors (Lipinski definition) is 4. The number of carbonyl (C=O) groups excluding carboxylic acids is 1. The average molecular weight is 334 g/mol. The standard InChI is InChI=1S/C18H27FN4O/c1-20-13-18(24)23-8-4-5-15(14-23)21-9-11-22(12-10-21)17-7-3-2-6-16(17)19/h2-3,6-7,15,20H,4-5,8-14H2,1H3/t15-/m0/s1. The Morgan fingerprint density at radius 2 is 1.96 bits per heavy atom. The molecule has 5 nitrogen and oxygen atoms in total. The Hall–Kier alpha value is -1.66. The highest BCUT2D eigenvalue weighted by molar-refractivity contribution is 5.78. The smallest absolute Gasteiger partial charge is 0.236 e. The summed E-state index contributed by atoms with van der Waals surface area (Å²) in [5.41, 5.74) is 0.701. The number of para-hydroxylation sites is 1. The van der Waals surface area contributed by atoms with Crippen LogP contribution in [0.15, 0.2) is 24.3 Å². The summed E-state index contributed by atoms with van der Waals surface area (Å²) in [5.74, 6) is 0.0413. The number of nitrogens with zero attached hydrogens (tertiary/aromatic N) is 3. The number of likely N-dealkylation sites (N-methyl/N-ethyl adjacent to an activating group) is 1. The Morgan fingerprint density at radius 3 is 2.67 bits per heavy atom. The zero-order valence-corrected chi connectivity index (χ0v) is 14.4. The molecule has 2 saturated heterocycles. The average Bonchev–Trinajstić information content (AvgIpc) is 2.63. The van der Waals surface area contributed by atoms with E-state index >= 15 is 0 Å². The number of halogens is 1. The van der Waals surface area contributed by atoms with E-state index in [-0.39, 0.29) is 11.7 Å². The Bertz CT molecular complexity index is 560. The number of amides is 1. The summed E-state index contributed by atoms with van der Waals surface area (Å²) in [6.45, 7) is 5.62. The van der Waals surface area contributed by atoms with Gasteiger partial charge in [-0.1, -0.05) is 12.1 Å². The number of rotatable bonds is 4. The lowest BCUT2D eigenvalue weighted by Gasteiger charge is -2.44. The highest BCUT2D eigenvalue weighted by atomic mass is 19.1. The first-order valence-corrected chi connectivity index (χ1v) is 8.85. The first-order chi connectivity index (χ1) is 11.7. The second-order valence-electron chi connectivity index (χ2n) is 6.64. The third kappa shape index (κ3) is 3.87. The van der Waals surface area contributed by atoms with E-state index in [4.69, 9.17) is 0 Å². The second-order valence-corrected chi connectivity index (χ2v) is 6.64. The predicted molar refractivity (Wildman–Crippen MR) is 93.7 cm³/mol. The molecule has 1 aromatic carbocycles. The van der Waals surface area contributed by atoms with Crippen LogP contribution in [0.2, 0.25) is 0 Å². The monoisotopic (exact) mass is 334 g/mol. The van der Waals surface area contributed by atoms with Crippen molar-refractivity contribution in [2.75, 3.05) is 57.8 Å². The third-order valence-electron chi connectivity index (χ3n) is 5.10. The van der Waals surface area contributed by atoms with Crippen molar-refractivity contribution in [3.05, 3.63) is 30.1 Å². The van der Waals surface area contributed by atoms with Gasteiger partial charge in [0.25, 0.3) is 0 Å². The van der Waals surface area contributed by atoms with Gasteiger partial charge in [0.1, 0.15) is 5.82 Å². The fraction of sp³-hybridized carbons (Fsp3) is 0.611. The van der Waals surface area contributed by atoms with Crippen molar-refractivity contribution in [3.63, 3.8) is 0 Å². The molecule has 1 N–H and O–H groups in total. The highest BCUT2D eigenvalue weighted by Crippen LogP contribution is 2.23. The molecule has 24 heavy (non-hydrogen) atoms. The number of likely N-dealkylation sites (tertiary alicyclic amines) is 1. The maximum absolute atomic E-state index is 13.9. The molecular weight excluding hydrogens is 307 g/mol. The number of piperazine rings is 1. The molecule has 1 amide bonds. The number of hydrogen-bond donors (Lipinski definition) is 1. The lowest BCUT2D eigenvalue weighted by Crippen LogP contribution is -2.56. The molecule has 0 aromatic heterocycles. The lowest BCUT2D eigenvalue weighted by atomic mass is 10.0. The van der Waals surface area contributed by atoms with Gasteiger partial charge in [0, 0.05) is 45.3 Å². The van der Waals surface area contributed by atoms with E-state index in [0.717, 1.165) is 52.1 Å². The molecule has 0 saturated carbocycles. The van der Waals surface area contributed by atoms with E-state index < -0.39 is 0 Å². The summed E-state index contributed by atoms with van der Waals surface area (Å²) in [5, 5.41) is 2.94. The Morgan fingerprint density at radius 1 is 1.21 bits per heavy atom. The van der Waals surface area contributed by atoms with Crippen LogP contribution in [0.3, 0.4) is 0 Å². The number of benzene rings is 1. The molecule has 3 rings (SSSR count). The Balaban J connectivity index is 1.54. The molecule has 1 aromatic rings. The molecule has 0 unspecified atom stereocenters. The van der Waals surface area contributed by atoms with Crippen LogP contribution in [0.4, 0.5) is 10.1 Å². The number of carbonyl (C=O) groups is 1. The van der Waals surface area contributed by atoms with Crippen molar-refractivity contribution in [1.29, 1.82) is 0 Å². The fourth-order valence-corrected chi connectivity index (χ4v) is 3.78. The summed E-state index contributed by atoms with van der Waals surface area (Å²) in [7, 11) is 1.81. The zero-order chi connectivity index (χ0) is 16.9. The van der Waals surface area contributed by atoms with Crippen molar-refractivity contribution in [2.45, 2.75) is 18.9 Å². The maximum Gasteiger partial charge on any atom is 0.236 e. The number of nitrogens with one attached hydrogen (secondary N) is 1. The molecule has 1 atom stereocenters. The van der Waals surface area contributed by atoms with Crippen molar-refractivity contribution in [3.8, 4) is 0 Å². The topological polar surface area (TPSA) is 38.8 Å². The largest absolute Gasteiger partial charge is 0.367 e. The van der Waals surface area contributed by atoms with E-state index in [1.807, 2.05) is 17.0 Å². The molecule has 0 aliphatic carbocycles. The van der Waals surface area contributed by atoms with Crippen molar-refractivity contribution >= 4 is 11.6 Å². The van der Waals surface area contributed by atoms with E-state index in [1.54, 1.807) is 13.1 Å². The van der Waals surface area contributed by atoms with Crippen LogP contribution in [-0.4, -0.2) is 74.6 Å². The van der Waals surface area contributed by atoms with Crippen LogP contribution in [0.1, 0.15) is 12.8 Å². The molecular formula is C18H27FN4O. The van der Waals surface area contributed by atoms with Gasteiger partial charge in [-0.25, -0.2) is 4.39 Å². The van der Waals surface area contributed by atoms with Gasteiger partial charge in [0.05, 0.1) is 12.2 Å². The van der Waals surface area contributed by atoms with Crippen molar-refractivity contribution < 1.29 is 9.18 Å². The van der Waals surface area contributed by atoms with E-state index in [1.165, 1.54) is 6.07 Å². The van der Waals surface area contributed by atoms with Gasteiger partial charge in [-0.05, 0) is 32.0 Å². The summed E-state index contributed by atoms with van der Waals surface area (Å²) >= 11 is 0. The quantitative estimate of drug-likeness (QED) is 0.897. The van der Waals surface area contributed by atoms with Crippen LogP contribution in [0.5, 0.6) is 0 Å². The van der Waals surface area contributed by atoms with Gasteiger partial charge in [0.15, 0.2) is 0 Å². The van der Waals surface area contributed by atoms with Gasteiger partial charge in [-0.3, -0.25) is 9.69 Å². The SMILES string of the molecule is CNCC(=O)N1CCC[C@H](N2CCN(c3ccccc3F)CC2)C1. The van der Waals surface area contributed by atoms with E-state index in [2.05, 4.69) is 15.1 Å². The number of anilines is 1. The molecule has 6 heteroatoms. The van der Waals surface area contributed by atoms with Gasteiger partial charge >= 0.3 is 0 Å². The summed E-state index contributed by atoms with van der Waals surface area (Å²) in [6.07, 6.45) is 2.21. The van der Waals surface area contributed by atoms with Gasteiger partial charge in [-0.2, -0.15) is 0 Å². The highest BCUT2D eigenvalue weighted by Gasteiger charge is 2.30. The molecule has 132 valence electrons. The van der Waals surface area contributed by atoms with E-state index in [0.29, 0.717) is 18.3 Å². The van der Waals surface area contributed by atoms with Gasteiger partial charge in [0.2, 0.25) is 5.91 Å². The minimum absolute atomic E-state index is 0.146.